The van der Waals surface area contributed by atoms with E-state index in [1.807, 2.05) is 25.1 Å². The summed E-state index contributed by atoms with van der Waals surface area (Å²) in [6.45, 7) is 2.62. The highest BCUT2D eigenvalue weighted by Crippen LogP contribution is 2.37. The first-order chi connectivity index (χ1) is 11.9. The van der Waals surface area contributed by atoms with Crippen LogP contribution in [0.2, 0.25) is 0 Å². The topological polar surface area (TPSA) is 76.1 Å². The van der Waals surface area contributed by atoms with E-state index in [0.29, 0.717) is 17.8 Å². The molecule has 1 saturated heterocycles. The van der Waals surface area contributed by atoms with E-state index in [1.165, 1.54) is 18.4 Å². The number of hydrogen-bond acceptors (Lipinski definition) is 5. The monoisotopic (exact) mass is 363 g/mol. The van der Waals surface area contributed by atoms with Crippen LogP contribution in [0.5, 0.6) is 5.75 Å². The van der Waals surface area contributed by atoms with Crippen LogP contribution in [-0.4, -0.2) is 55.8 Å². The van der Waals surface area contributed by atoms with Crippen molar-refractivity contribution in [2.45, 2.75) is 13.3 Å². The van der Waals surface area contributed by atoms with Crippen molar-refractivity contribution in [2.24, 2.45) is 5.41 Å². The quantitative estimate of drug-likeness (QED) is 0.884. The molecule has 1 aromatic heterocycles. The van der Waals surface area contributed by atoms with Crippen LogP contribution in [0.25, 0.3) is 10.1 Å². The number of carbonyl (C=O) groups excluding carboxylic acids is 1. The predicted molar refractivity (Wildman–Crippen MR) is 95.6 cm³/mol. The lowest BCUT2D eigenvalue weighted by Crippen LogP contribution is -2.40. The number of aliphatic carboxylic acids is 1. The minimum Gasteiger partial charge on any atom is -0.497 e. The lowest BCUT2D eigenvalue weighted by atomic mass is 9.88. The highest BCUT2D eigenvalue weighted by Gasteiger charge is 2.46. The maximum Gasteiger partial charge on any atom is 0.313 e. The summed E-state index contributed by atoms with van der Waals surface area (Å²) in [5, 5.41) is 10.6. The Morgan fingerprint density at radius 2 is 2.12 bits per heavy atom. The first kappa shape index (κ1) is 17.7. The number of fused-ring (bicyclic) bond motifs is 1. The van der Waals surface area contributed by atoms with Gasteiger partial charge in [-0.2, -0.15) is 0 Å². The van der Waals surface area contributed by atoms with E-state index in [-0.39, 0.29) is 19.1 Å². The molecule has 0 spiro atoms. The lowest BCUT2D eigenvalue weighted by molar-refractivity contribution is -0.151. The van der Waals surface area contributed by atoms with Crippen molar-refractivity contribution >= 4 is 33.3 Å². The fourth-order valence-corrected chi connectivity index (χ4v) is 4.51. The zero-order chi connectivity index (χ0) is 18.2. The predicted octanol–water partition coefficient (Wildman–Crippen LogP) is 2.78. The average molecular weight is 363 g/mol. The van der Waals surface area contributed by atoms with Gasteiger partial charge < -0.3 is 19.5 Å². The normalized spacial score (nSPS) is 20.2. The standard InChI is InChI=1S/C18H21NO5S/c1-11-13-8-12(24-3)4-5-14(13)25-15(11)16(20)19-7-6-18(9-19,10-23-2)17(21)22/h4-5,8H,6-7,9-10H2,1-3H3,(H,21,22). The van der Waals surface area contributed by atoms with Gasteiger partial charge in [-0.05, 0) is 42.5 Å². The molecule has 1 amide bonds. The summed E-state index contributed by atoms with van der Waals surface area (Å²) in [5.74, 6) is -0.280. The molecule has 0 radical (unpaired) electrons. The van der Waals surface area contributed by atoms with Crippen molar-refractivity contribution in [3.63, 3.8) is 0 Å². The molecule has 0 bridgehead atoms. The zero-order valence-electron chi connectivity index (χ0n) is 14.5. The summed E-state index contributed by atoms with van der Waals surface area (Å²) >= 11 is 1.43. The lowest BCUT2D eigenvalue weighted by Gasteiger charge is -2.23. The Labute approximate surface area is 150 Å². The van der Waals surface area contributed by atoms with E-state index in [2.05, 4.69) is 0 Å². The molecule has 2 heterocycles. The molecule has 3 rings (SSSR count). The molecule has 1 N–H and O–H groups in total. The number of benzene rings is 1. The first-order valence-electron chi connectivity index (χ1n) is 8.00. The van der Waals surface area contributed by atoms with Crippen LogP contribution in [0.1, 0.15) is 21.7 Å². The molecule has 25 heavy (non-hydrogen) atoms. The summed E-state index contributed by atoms with van der Waals surface area (Å²) in [6.07, 6.45) is 0.402. The zero-order valence-corrected chi connectivity index (χ0v) is 15.3. The Hall–Kier alpha value is -2.12. The summed E-state index contributed by atoms with van der Waals surface area (Å²) in [4.78, 5) is 26.9. The molecule has 1 aliphatic heterocycles. The molecule has 2 aromatic rings. The number of carbonyl (C=O) groups is 2. The van der Waals surface area contributed by atoms with Crippen LogP contribution in [0.4, 0.5) is 0 Å². The van der Waals surface area contributed by atoms with Crippen LogP contribution >= 0.6 is 11.3 Å². The Kier molecular flexibility index (Phi) is 4.71. The van der Waals surface area contributed by atoms with Crippen molar-refractivity contribution < 1.29 is 24.2 Å². The fraction of sp³-hybridized carbons (Fsp3) is 0.444. The number of thiophene rings is 1. The van der Waals surface area contributed by atoms with Crippen LogP contribution in [0.15, 0.2) is 18.2 Å². The van der Waals surface area contributed by atoms with E-state index in [0.717, 1.165) is 21.4 Å². The van der Waals surface area contributed by atoms with Gasteiger partial charge in [-0.3, -0.25) is 9.59 Å². The molecular weight excluding hydrogens is 342 g/mol. The summed E-state index contributed by atoms with van der Waals surface area (Å²) < 4.78 is 11.4. The van der Waals surface area contributed by atoms with Crippen molar-refractivity contribution in [3.05, 3.63) is 28.6 Å². The highest BCUT2D eigenvalue weighted by molar-refractivity contribution is 7.21. The molecule has 1 aromatic carbocycles. The van der Waals surface area contributed by atoms with Crippen molar-refractivity contribution in [1.29, 1.82) is 0 Å². The van der Waals surface area contributed by atoms with Gasteiger partial charge in [0.15, 0.2) is 0 Å². The second kappa shape index (κ2) is 6.65. The van der Waals surface area contributed by atoms with Crippen molar-refractivity contribution in [1.82, 2.24) is 4.90 Å². The minimum atomic E-state index is -1.02. The summed E-state index contributed by atoms with van der Waals surface area (Å²) in [5.41, 5.74) is -0.110. The van der Waals surface area contributed by atoms with E-state index in [1.54, 1.807) is 12.0 Å². The number of amides is 1. The fourth-order valence-electron chi connectivity index (χ4n) is 3.35. The molecule has 7 heteroatoms. The SMILES string of the molecule is COCC1(C(=O)O)CCN(C(=O)c2sc3ccc(OC)cc3c2C)C1. The maximum absolute atomic E-state index is 13.0. The Morgan fingerprint density at radius 3 is 2.76 bits per heavy atom. The Balaban J connectivity index is 1.90. The van der Waals surface area contributed by atoms with Gasteiger partial charge >= 0.3 is 5.97 Å². The minimum absolute atomic E-state index is 0.106. The third-order valence-corrected chi connectivity index (χ3v) is 6.11. The van der Waals surface area contributed by atoms with Gasteiger partial charge in [-0.1, -0.05) is 0 Å². The first-order valence-corrected chi connectivity index (χ1v) is 8.82. The third kappa shape index (κ3) is 2.98. The number of hydrogen-bond donors (Lipinski definition) is 1. The number of aryl methyl sites for hydroxylation is 1. The maximum atomic E-state index is 13.0. The van der Waals surface area contributed by atoms with Crippen LogP contribution < -0.4 is 4.74 Å². The number of nitrogens with zero attached hydrogens (tertiary/aromatic N) is 1. The molecular formula is C18H21NO5S. The molecule has 0 aliphatic carbocycles. The molecule has 0 saturated carbocycles. The van der Waals surface area contributed by atoms with Gasteiger partial charge in [-0.15, -0.1) is 11.3 Å². The molecule has 134 valence electrons. The van der Waals surface area contributed by atoms with Gasteiger partial charge in [0.25, 0.3) is 5.91 Å². The van der Waals surface area contributed by atoms with Gasteiger partial charge in [0, 0.05) is 24.9 Å². The number of carboxylic acids is 1. The van der Waals surface area contributed by atoms with E-state index >= 15 is 0 Å². The van der Waals surface area contributed by atoms with Gasteiger partial charge in [0.05, 0.1) is 18.6 Å². The van der Waals surface area contributed by atoms with Gasteiger partial charge in [0.1, 0.15) is 11.2 Å². The number of ether oxygens (including phenoxy) is 2. The largest absolute Gasteiger partial charge is 0.497 e. The average Bonchev–Trinajstić information content (AvgIpc) is 3.17. The van der Waals surface area contributed by atoms with Crippen LogP contribution in [0, 0.1) is 12.3 Å². The summed E-state index contributed by atoms with van der Waals surface area (Å²) in [6, 6.07) is 5.74. The van der Waals surface area contributed by atoms with E-state index in [9.17, 15) is 14.7 Å². The second-order valence-corrected chi connectivity index (χ2v) is 7.47. The van der Waals surface area contributed by atoms with Crippen molar-refractivity contribution in [3.8, 4) is 5.75 Å². The highest BCUT2D eigenvalue weighted by atomic mass is 32.1. The Bertz CT molecular complexity index is 830. The molecule has 6 nitrogen and oxygen atoms in total. The molecule has 1 fully saturated rings. The van der Waals surface area contributed by atoms with Crippen molar-refractivity contribution in [2.75, 3.05) is 33.9 Å². The number of carboxylic acid groups (broad SMARTS) is 1. The summed E-state index contributed by atoms with van der Waals surface area (Å²) in [7, 11) is 3.10. The number of likely N-dealkylation sites (tertiary alicyclic amines) is 1. The van der Waals surface area contributed by atoms with Crippen LogP contribution in [-0.2, 0) is 9.53 Å². The third-order valence-electron chi connectivity index (χ3n) is 4.85. The molecule has 1 aliphatic rings. The van der Waals surface area contributed by atoms with Gasteiger partial charge in [-0.25, -0.2) is 0 Å². The second-order valence-electron chi connectivity index (χ2n) is 6.41. The smallest absolute Gasteiger partial charge is 0.313 e. The van der Waals surface area contributed by atoms with E-state index < -0.39 is 11.4 Å². The van der Waals surface area contributed by atoms with Gasteiger partial charge in [0.2, 0.25) is 0 Å². The number of methoxy groups -OCH3 is 2. The number of rotatable bonds is 5. The van der Waals surface area contributed by atoms with Crippen LogP contribution in [0.3, 0.4) is 0 Å². The molecule has 1 unspecified atom stereocenters. The van der Waals surface area contributed by atoms with E-state index in [4.69, 9.17) is 9.47 Å². The molecule has 1 atom stereocenters. The Morgan fingerprint density at radius 1 is 1.36 bits per heavy atom.